The number of nitrogens with zero attached hydrogens (tertiary/aromatic N) is 1. The second kappa shape index (κ2) is 9.50. The van der Waals surface area contributed by atoms with Crippen molar-refractivity contribution in [2.24, 2.45) is 0 Å². The van der Waals surface area contributed by atoms with Gasteiger partial charge in [0.2, 0.25) is 0 Å². The summed E-state index contributed by atoms with van der Waals surface area (Å²) in [6.07, 6.45) is 12.7. The van der Waals surface area contributed by atoms with Crippen molar-refractivity contribution in [3.05, 3.63) is 5.69 Å². The third-order valence-electron chi connectivity index (χ3n) is 4.41. The summed E-state index contributed by atoms with van der Waals surface area (Å²) in [4.78, 5) is 4.55. The van der Waals surface area contributed by atoms with E-state index in [9.17, 15) is 0 Å². The van der Waals surface area contributed by atoms with E-state index < -0.39 is 0 Å². The van der Waals surface area contributed by atoms with Crippen LogP contribution < -0.4 is 10.5 Å². The lowest BCUT2D eigenvalue weighted by molar-refractivity contribution is 0.359. The average Bonchev–Trinajstić information content (AvgIpc) is 2.80. The highest BCUT2D eigenvalue weighted by atomic mass is 32.1. The first-order chi connectivity index (χ1) is 10.0. The smallest absolute Gasteiger partial charge is 0.179 e. The normalized spacial score (nSPS) is 12.0. The number of hydrogen-bond acceptors (Lipinski definition) is 3. The summed E-state index contributed by atoms with van der Waals surface area (Å²) in [6, 6.07) is 0. The SMILES string of the molecule is [B]c1sc(N)nc1C(C)(CCCCCC)CCCCCC. The van der Waals surface area contributed by atoms with Gasteiger partial charge in [0.05, 0.1) is 5.69 Å². The Bertz CT molecular complexity index is 391. The molecule has 0 aromatic carbocycles. The van der Waals surface area contributed by atoms with E-state index in [2.05, 4.69) is 25.8 Å². The molecule has 2 N–H and O–H groups in total. The van der Waals surface area contributed by atoms with Crippen LogP contribution >= 0.6 is 11.3 Å². The van der Waals surface area contributed by atoms with Gasteiger partial charge < -0.3 is 5.73 Å². The largest absolute Gasteiger partial charge is 0.375 e. The highest BCUT2D eigenvalue weighted by Gasteiger charge is 2.30. The fraction of sp³-hybridized carbons (Fsp3) is 0.824. The van der Waals surface area contributed by atoms with Crippen molar-refractivity contribution in [1.82, 2.24) is 4.98 Å². The summed E-state index contributed by atoms with van der Waals surface area (Å²) >= 11 is 1.43. The first kappa shape index (κ1) is 18.5. The lowest BCUT2D eigenvalue weighted by Crippen LogP contribution is -2.28. The number of nitrogens with two attached hydrogens (primary N) is 1. The first-order valence-electron chi connectivity index (χ1n) is 8.55. The van der Waals surface area contributed by atoms with Gasteiger partial charge in [-0.2, -0.15) is 0 Å². The predicted molar refractivity (Wildman–Crippen MR) is 96.8 cm³/mol. The molecule has 0 aliphatic carbocycles. The zero-order valence-corrected chi connectivity index (χ0v) is 14.9. The lowest BCUT2D eigenvalue weighted by Gasteiger charge is -2.29. The van der Waals surface area contributed by atoms with Crippen LogP contribution in [0, 0.1) is 0 Å². The van der Waals surface area contributed by atoms with Crippen molar-refractivity contribution in [2.45, 2.75) is 90.4 Å². The fourth-order valence-corrected chi connectivity index (χ4v) is 3.78. The number of aromatic nitrogens is 1. The highest BCUT2D eigenvalue weighted by Crippen LogP contribution is 2.35. The van der Waals surface area contributed by atoms with Crippen LogP contribution in [0.1, 0.15) is 90.7 Å². The molecular formula is C17H31BN2S. The van der Waals surface area contributed by atoms with Gasteiger partial charge in [-0.05, 0) is 17.6 Å². The van der Waals surface area contributed by atoms with Crippen molar-refractivity contribution < 1.29 is 0 Å². The molecule has 1 heterocycles. The first-order valence-corrected chi connectivity index (χ1v) is 9.37. The van der Waals surface area contributed by atoms with E-state index in [4.69, 9.17) is 13.6 Å². The van der Waals surface area contributed by atoms with Crippen molar-refractivity contribution in [3.63, 3.8) is 0 Å². The van der Waals surface area contributed by atoms with Crippen LogP contribution in [0.5, 0.6) is 0 Å². The molecular weight excluding hydrogens is 275 g/mol. The van der Waals surface area contributed by atoms with Gasteiger partial charge in [0.15, 0.2) is 5.13 Å². The molecule has 0 unspecified atom stereocenters. The van der Waals surface area contributed by atoms with E-state index >= 15 is 0 Å². The van der Waals surface area contributed by atoms with E-state index in [1.54, 1.807) is 0 Å². The number of thiazole rings is 1. The van der Waals surface area contributed by atoms with Gasteiger partial charge in [0.25, 0.3) is 0 Å². The Morgan fingerprint density at radius 3 is 1.90 bits per heavy atom. The maximum Gasteiger partial charge on any atom is 0.179 e. The topological polar surface area (TPSA) is 38.9 Å². The maximum atomic E-state index is 6.16. The van der Waals surface area contributed by atoms with E-state index in [1.807, 2.05) is 0 Å². The minimum atomic E-state index is 0.0969. The Morgan fingerprint density at radius 1 is 1.00 bits per heavy atom. The molecule has 0 saturated carbocycles. The summed E-state index contributed by atoms with van der Waals surface area (Å²) in [7, 11) is 6.16. The lowest BCUT2D eigenvalue weighted by atomic mass is 9.74. The molecule has 0 spiro atoms. The Kier molecular flexibility index (Phi) is 8.39. The van der Waals surface area contributed by atoms with E-state index in [0.717, 1.165) is 10.5 Å². The summed E-state index contributed by atoms with van der Waals surface area (Å²) in [5.74, 6) is 0. The van der Waals surface area contributed by atoms with Crippen LogP contribution in [-0.4, -0.2) is 12.8 Å². The van der Waals surface area contributed by atoms with Crippen LogP contribution in [0.15, 0.2) is 0 Å². The maximum absolute atomic E-state index is 6.16. The molecule has 0 fully saturated rings. The van der Waals surface area contributed by atoms with Crippen LogP contribution in [-0.2, 0) is 5.41 Å². The van der Waals surface area contributed by atoms with Crippen LogP contribution in [0.25, 0.3) is 0 Å². The molecule has 0 aliphatic heterocycles. The zero-order chi connectivity index (χ0) is 15.7. The van der Waals surface area contributed by atoms with Crippen molar-refractivity contribution >= 4 is 29.1 Å². The third kappa shape index (κ3) is 6.02. The van der Waals surface area contributed by atoms with Crippen LogP contribution in [0.4, 0.5) is 5.13 Å². The van der Waals surface area contributed by atoms with Gasteiger partial charge in [-0.1, -0.05) is 72.1 Å². The van der Waals surface area contributed by atoms with Crippen LogP contribution in [0.3, 0.4) is 0 Å². The minimum Gasteiger partial charge on any atom is -0.375 e. The molecule has 0 saturated heterocycles. The van der Waals surface area contributed by atoms with E-state index in [0.29, 0.717) is 5.13 Å². The number of rotatable bonds is 11. The third-order valence-corrected chi connectivity index (χ3v) is 5.12. The Labute approximate surface area is 136 Å². The summed E-state index contributed by atoms with van der Waals surface area (Å²) in [6.45, 7) is 6.84. The number of hydrogen-bond donors (Lipinski definition) is 1. The predicted octanol–water partition coefficient (Wildman–Crippen LogP) is 4.72. The van der Waals surface area contributed by atoms with Gasteiger partial charge >= 0.3 is 0 Å². The molecule has 1 rings (SSSR count). The molecule has 0 bridgehead atoms. The second-order valence-corrected chi connectivity index (χ2v) is 7.51. The molecule has 2 radical (unpaired) electrons. The standard InChI is InChI=1S/C17H31BN2S/c1-4-6-8-10-12-17(3,13-11-9-7-5-2)14-15(18)21-16(19)20-14/h4-13H2,1-3H3,(H2,19,20). The van der Waals surface area contributed by atoms with Gasteiger partial charge in [0, 0.05) is 5.41 Å². The Morgan fingerprint density at radius 2 is 1.52 bits per heavy atom. The molecule has 0 atom stereocenters. The van der Waals surface area contributed by atoms with Crippen molar-refractivity contribution in [3.8, 4) is 0 Å². The van der Waals surface area contributed by atoms with Crippen molar-refractivity contribution in [2.75, 3.05) is 5.73 Å². The number of anilines is 1. The molecule has 0 aliphatic rings. The van der Waals surface area contributed by atoms with Crippen molar-refractivity contribution in [1.29, 1.82) is 0 Å². The fourth-order valence-electron chi connectivity index (χ4n) is 3.03. The van der Waals surface area contributed by atoms with Gasteiger partial charge in [-0.15, -0.1) is 11.3 Å². The quantitative estimate of drug-likeness (QED) is 0.474. The van der Waals surface area contributed by atoms with Gasteiger partial charge in [-0.3, -0.25) is 0 Å². The number of nitrogen functional groups attached to an aromatic ring is 1. The van der Waals surface area contributed by atoms with Gasteiger partial charge in [0.1, 0.15) is 7.85 Å². The summed E-state index contributed by atoms with van der Waals surface area (Å²) in [5, 5.41) is 0.607. The average molecular weight is 306 g/mol. The molecule has 2 nitrogen and oxygen atoms in total. The zero-order valence-electron chi connectivity index (χ0n) is 14.1. The van der Waals surface area contributed by atoms with E-state index in [-0.39, 0.29) is 5.41 Å². The molecule has 4 heteroatoms. The minimum absolute atomic E-state index is 0.0969. The monoisotopic (exact) mass is 306 g/mol. The highest BCUT2D eigenvalue weighted by molar-refractivity contribution is 7.23. The summed E-state index contributed by atoms with van der Waals surface area (Å²) in [5.41, 5.74) is 7.01. The molecule has 21 heavy (non-hydrogen) atoms. The number of unbranched alkanes of at least 4 members (excludes halogenated alkanes) is 6. The molecule has 118 valence electrons. The second-order valence-electron chi connectivity index (χ2n) is 6.45. The van der Waals surface area contributed by atoms with Gasteiger partial charge in [-0.25, -0.2) is 4.98 Å². The Balaban J connectivity index is 2.70. The summed E-state index contributed by atoms with van der Waals surface area (Å²) < 4.78 is 0.820. The van der Waals surface area contributed by atoms with Crippen LogP contribution in [0.2, 0.25) is 0 Å². The Hall–Kier alpha value is -0.505. The molecule has 1 aromatic rings. The molecule has 0 amide bonds. The molecule has 1 aromatic heterocycles. The van der Waals surface area contributed by atoms with E-state index in [1.165, 1.54) is 75.5 Å².